The van der Waals surface area contributed by atoms with Gasteiger partial charge in [-0.2, -0.15) is 6.16 Å². The lowest BCUT2D eigenvalue weighted by Gasteiger charge is -1.90. The molecule has 0 amide bonds. The monoisotopic (exact) mass is 90.0 g/mol. The van der Waals surface area contributed by atoms with Crippen molar-refractivity contribution in [2.24, 2.45) is 5.73 Å². The van der Waals surface area contributed by atoms with Crippen molar-refractivity contribution in [3.05, 3.63) is 0 Å². The highest BCUT2D eigenvalue weighted by Crippen LogP contribution is 1.81. The van der Waals surface area contributed by atoms with Gasteiger partial charge in [-0.25, -0.2) is 0 Å². The number of hydrogen-bond acceptors (Lipinski definition) is 1. The van der Waals surface area contributed by atoms with Gasteiger partial charge < -0.3 is 15.0 Å². The summed E-state index contributed by atoms with van der Waals surface area (Å²) < 4.78 is 0. The molecule has 0 aliphatic rings. The minimum Gasteiger partial charge on any atom is -0.558 e. The molecule has 1 nitrogen and oxygen atoms in total. The van der Waals surface area contributed by atoms with Gasteiger partial charge in [0, 0.05) is 0 Å². The van der Waals surface area contributed by atoms with E-state index in [-0.39, 0.29) is 0 Å². The normalized spacial score (nSPS) is 8.40. The van der Waals surface area contributed by atoms with Crippen LogP contribution < -0.4 is 5.73 Å². The number of rotatable bonds is 2. The predicted molar refractivity (Wildman–Crippen MR) is 26.9 cm³/mol. The quantitative estimate of drug-likeness (QED) is 0.490. The maximum atomic E-state index is 5.11. The lowest BCUT2D eigenvalue weighted by atomic mass is 10.5. The van der Waals surface area contributed by atoms with E-state index in [9.17, 15) is 0 Å². The largest absolute Gasteiger partial charge is 0.558 e. The van der Waals surface area contributed by atoms with Crippen molar-refractivity contribution in [1.29, 1.82) is 0 Å². The maximum absolute atomic E-state index is 5.11. The van der Waals surface area contributed by atoms with Crippen LogP contribution >= 0.6 is 9.24 Å². The molecule has 0 aromatic rings. The summed E-state index contributed by atoms with van der Waals surface area (Å²) in [5, 5.41) is 0. The predicted octanol–water partition coefficient (Wildman–Crippen LogP) is 0.478. The van der Waals surface area contributed by atoms with Gasteiger partial charge in [-0.05, 0) is 6.54 Å². The maximum Gasteiger partial charge on any atom is -0.0100 e. The Bertz CT molecular complexity index is 14.4. The van der Waals surface area contributed by atoms with E-state index < -0.39 is 0 Å². The Morgan fingerprint density at radius 2 is 2.20 bits per heavy atom. The molecule has 0 atom stereocenters. The van der Waals surface area contributed by atoms with Gasteiger partial charge in [0.2, 0.25) is 0 Å². The zero-order valence-corrected chi connectivity index (χ0v) is 4.20. The van der Waals surface area contributed by atoms with Gasteiger partial charge in [0.1, 0.15) is 0 Å². The Balaban J connectivity index is 2.19. The fourth-order valence-electron chi connectivity index (χ4n) is 0.102. The van der Waals surface area contributed by atoms with Gasteiger partial charge in [0.15, 0.2) is 0 Å². The van der Waals surface area contributed by atoms with Crippen LogP contribution in [0.4, 0.5) is 0 Å². The van der Waals surface area contributed by atoms with E-state index in [0.717, 1.165) is 19.1 Å². The molecule has 2 N–H and O–H groups in total. The molecule has 32 valence electrons. The summed E-state index contributed by atoms with van der Waals surface area (Å²) in [7, 11) is 3.27. The zero-order valence-electron chi connectivity index (χ0n) is 3.20. The first-order valence-electron chi connectivity index (χ1n) is 1.76. The Morgan fingerprint density at radius 1 is 1.60 bits per heavy atom. The molecule has 0 saturated heterocycles. The van der Waals surface area contributed by atoms with Crippen LogP contribution in [0.1, 0.15) is 6.42 Å². The van der Waals surface area contributed by atoms with Crippen molar-refractivity contribution in [2.75, 3.05) is 12.7 Å². The van der Waals surface area contributed by atoms with E-state index in [1.165, 1.54) is 0 Å². The van der Waals surface area contributed by atoms with Crippen LogP contribution in [0.25, 0.3) is 0 Å². The minimum absolute atomic E-state index is 0.795. The smallest absolute Gasteiger partial charge is 0.0100 e. The van der Waals surface area contributed by atoms with Crippen molar-refractivity contribution in [3.8, 4) is 0 Å². The van der Waals surface area contributed by atoms with E-state index >= 15 is 0 Å². The summed E-state index contributed by atoms with van der Waals surface area (Å²) in [5.74, 6) is 0. The van der Waals surface area contributed by atoms with E-state index in [1.807, 2.05) is 0 Å². The molecule has 0 spiro atoms. The van der Waals surface area contributed by atoms with Crippen LogP contribution in [0, 0.1) is 0 Å². The third-order valence-corrected chi connectivity index (χ3v) is 0.734. The van der Waals surface area contributed by atoms with Crippen molar-refractivity contribution in [1.82, 2.24) is 0 Å². The summed E-state index contributed by atoms with van der Waals surface area (Å²) in [6.45, 7) is 0.795. The van der Waals surface area contributed by atoms with Crippen LogP contribution in [-0.2, 0) is 0 Å². The van der Waals surface area contributed by atoms with Gasteiger partial charge in [-0.3, -0.25) is 0 Å². The Labute approximate surface area is 35.1 Å². The van der Waals surface area contributed by atoms with Gasteiger partial charge >= 0.3 is 0 Å². The third kappa shape index (κ3) is 4.39. The molecule has 0 aliphatic carbocycles. The highest BCUT2D eigenvalue weighted by molar-refractivity contribution is 7.16. The van der Waals surface area contributed by atoms with E-state index in [2.05, 4.69) is 9.24 Å². The van der Waals surface area contributed by atoms with Gasteiger partial charge in [0.05, 0.1) is 0 Å². The van der Waals surface area contributed by atoms with Crippen molar-refractivity contribution < 1.29 is 0 Å². The fourth-order valence-corrected chi connectivity index (χ4v) is 0.306. The molecule has 0 radical (unpaired) electrons. The second-order valence-electron chi connectivity index (χ2n) is 0.892. The van der Waals surface area contributed by atoms with E-state index in [1.54, 1.807) is 0 Å². The second kappa shape index (κ2) is 4.39. The number of nitrogens with two attached hydrogens (primary N) is 1. The van der Waals surface area contributed by atoms with Gasteiger partial charge in [-0.1, -0.05) is 6.42 Å². The molecule has 2 heteroatoms. The molecule has 0 saturated carbocycles. The second-order valence-corrected chi connectivity index (χ2v) is 1.39. The summed E-state index contributed by atoms with van der Waals surface area (Å²) in [5.41, 5.74) is 5.11. The standard InChI is InChI=1S/C3H9NP/c4-2-1-3-5/h5H,1-4H2/q-1. The molecule has 0 aromatic carbocycles. The molecule has 0 heterocycles. The van der Waals surface area contributed by atoms with Crippen LogP contribution in [0.2, 0.25) is 0 Å². The SMILES string of the molecule is NCCC[PH-]. The summed E-state index contributed by atoms with van der Waals surface area (Å²) >= 11 is 0. The molecule has 0 rings (SSSR count). The summed E-state index contributed by atoms with van der Waals surface area (Å²) in [6.07, 6.45) is 2.10. The summed E-state index contributed by atoms with van der Waals surface area (Å²) in [6, 6.07) is 0. The lowest BCUT2D eigenvalue weighted by molar-refractivity contribution is 0.944. The van der Waals surface area contributed by atoms with Crippen molar-refractivity contribution in [2.45, 2.75) is 6.42 Å². The average molecular weight is 90.1 g/mol. The Kier molecular flexibility index (Phi) is 4.73. The molecule has 0 fully saturated rings. The number of hydrogen-bond donors (Lipinski definition) is 1. The van der Waals surface area contributed by atoms with E-state index in [0.29, 0.717) is 0 Å². The molecule has 0 bridgehead atoms. The molecule has 5 heavy (non-hydrogen) atoms. The first-order valence-corrected chi connectivity index (χ1v) is 2.47. The van der Waals surface area contributed by atoms with Crippen molar-refractivity contribution >= 4 is 9.24 Å². The highest BCUT2D eigenvalue weighted by Gasteiger charge is 1.60. The Morgan fingerprint density at radius 3 is 2.20 bits per heavy atom. The van der Waals surface area contributed by atoms with Crippen molar-refractivity contribution in [3.63, 3.8) is 0 Å². The van der Waals surface area contributed by atoms with Gasteiger partial charge in [0.25, 0.3) is 0 Å². The molecule has 0 aromatic heterocycles. The molecular weight excluding hydrogens is 81.0 g/mol. The first-order chi connectivity index (χ1) is 2.41. The minimum atomic E-state index is 0.795. The molecule has 0 aliphatic heterocycles. The summed E-state index contributed by atoms with van der Waals surface area (Å²) in [4.78, 5) is 0. The van der Waals surface area contributed by atoms with Gasteiger partial charge in [-0.15, -0.1) is 0 Å². The molecule has 0 unspecified atom stereocenters. The highest BCUT2D eigenvalue weighted by atomic mass is 31.0. The average Bonchev–Trinajstić information content (AvgIpc) is 1.41. The fraction of sp³-hybridized carbons (Fsp3) is 1.00. The third-order valence-electron chi connectivity index (χ3n) is 0.381. The Hall–Kier alpha value is 0.390. The van der Waals surface area contributed by atoms with E-state index in [4.69, 9.17) is 5.73 Å². The van der Waals surface area contributed by atoms with Crippen LogP contribution in [0.15, 0.2) is 0 Å². The molecular formula is C3H9NP-. The topological polar surface area (TPSA) is 26.0 Å². The van der Waals surface area contributed by atoms with Crippen LogP contribution in [-0.4, -0.2) is 12.7 Å². The van der Waals surface area contributed by atoms with Crippen LogP contribution in [0.3, 0.4) is 0 Å². The first kappa shape index (κ1) is 5.39. The zero-order chi connectivity index (χ0) is 4.12. The lowest BCUT2D eigenvalue weighted by Crippen LogP contribution is -1.97. The van der Waals surface area contributed by atoms with Crippen LogP contribution in [0.5, 0.6) is 0 Å².